The fourth-order valence-corrected chi connectivity index (χ4v) is 12.0. The topological polar surface area (TPSA) is 52.6 Å². The number of carbonyl (C=O) groups excluding carboxylic acids is 2. The molecule has 0 heterocycles. The molecule has 0 N–H and O–H groups in total. The molecule has 51 heavy (non-hydrogen) atoms. The van der Waals surface area contributed by atoms with Crippen LogP contribution in [0.3, 0.4) is 0 Å². The number of esters is 2. The highest BCUT2D eigenvalue weighted by Gasteiger charge is 2.35. The molecule has 0 aliphatic heterocycles. The first-order valence-corrected chi connectivity index (χ1v) is 25.3. The summed E-state index contributed by atoms with van der Waals surface area (Å²) in [5.41, 5.74) is 0.496. The lowest BCUT2D eigenvalue weighted by Crippen LogP contribution is -3.00. The van der Waals surface area contributed by atoms with Crippen LogP contribution in [0.1, 0.15) is 189 Å². The first kappa shape index (κ1) is 58.0. The summed E-state index contributed by atoms with van der Waals surface area (Å²) >= 11 is 0. The summed E-state index contributed by atoms with van der Waals surface area (Å²) < 4.78 is 10.5. The second kappa shape index (κ2) is 46.4. The molecule has 0 bridgehead atoms. The average Bonchev–Trinajstić information content (AvgIpc) is 3.10. The molecule has 0 saturated heterocycles. The molecule has 0 spiro atoms. The van der Waals surface area contributed by atoms with Gasteiger partial charge in [0.2, 0.25) is 0 Å². The SMILES string of the molecule is C=C(C)C(=O)OCC[PH2+]CCCCCCCC.C=CC(=O)OCC[P+](CCCCCCCC)(CCCCCCCC)CCCCCCCC.[Br-].[Br-]. The fourth-order valence-electron chi connectivity index (χ4n) is 6.32. The van der Waals surface area contributed by atoms with Gasteiger partial charge in [-0.25, -0.2) is 9.59 Å². The molecule has 1 atom stereocenters. The molecule has 0 rings (SSSR count). The molecule has 0 fully saturated rings. The number of hydrogen-bond donors (Lipinski definition) is 0. The van der Waals surface area contributed by atoms with E-state index in [1.807, 2.05) is 0 Å². The lowest BCUT2D eigenvalue weighted by atomic mass is 10.1. The van der Waals surface area contributed by atoms with Crippen LogP contribution in [0.2, 0.25) is 0 Å². The molecule has 0 aliphatic rings. The van der Waals surface area contributed by atoms with E-state index in [0.29, 0.717) is 27.4 Å². The van der Waals surface area contributed by atoms with Crippen LogP contribution >= 0.6 is 15.8 Å². The van der Waals surface area contributed by atoms with E-state index in [9.17, 15) is 9.59 Å². The normalized spacial score (nSPS) is 10.9. The van der Waals surface area contributed by atoms with E-state index in [4.69, 9.17) is 9.47 Å². The maximum Gasteiger partial charge on any atom is 0.333 e. The third kappa shape index (κ3) is 42.8. The van der Waals surface area contributed by atoms with Gasteiger partial charge < -0.3 is 43.4 Å². The Kier molecular flexibility index (Phi) is 52.7. The zero-order chi connectivity index (χ0) is 36.7. The van der Waals surface area contributed by atoms with Gasteiger partial charge in [-0.3, -0.25) is 0 Å². The molecule has 4 nitrogen and oxygen atoms in total. The Morgan fingerprint density at radius 2 is 0.902 bits per heavy atom. The summed E-state index contributed by atoms with van der Waals surface area (Å²) in [5.74, 6) is -0.495. The smallest absolute Gasteiger partial charge is 0.333 e. The van der Waals surface area contributed by atoms with Crippen molar-refractivity contribution in [1.82, 2.24) is 0 Å². The number of ether oxygens (including phenoxy) is 2. The van der Waals surface area contributed by atoms with Gasteiger partial charge in [0.1, 0.15) is 13.2 Å². The van der Waals surface area contributed by atoms with Crippen LogP contribution in [0, 0.1) is 0 Å². The van der Waals surface area contributed by atoms with E-state index in [1.165, 1.54) is 185 Å². The summed E-state index contributed by atoms with van der Waals surface area (Å²) in [6, 6.07) is 0. The Morgan fingerprint density at radius 3 is 1.27 bits per heavy atom. The summed E-state index contributed by atoms with van der Waals surface area (Å²) in [5, 5.41) is 0. The molecule has 0 amide bonds. The summed E-state index contributed by atoms with van der Waals surface area (Å²) in [4.78, 5) is 22.7. The summed E-state index contributed by atoms with van der Waals surface area (Å²) in [7, 11) is -0.577. The van der Waals surface area contributed by atoms with Crippen LogP contribution in [0.15, 0.2) is 24.8 Å². The lowest BCUT2D eigenvalue weighted by Gasteiger charge is -2.28. The van der Waals surface area contributed by atoms with Gasteiger partial charge in [0, 0.05) is 18.9 Å². The van der Waals surface area contributed by atoms with Crippen molar-refractivity contribution in [2.45, 2.75) is 189 Å². The number of unbranched alkanes of at least 4 members (excludes halogenated alkanes) is 20. The highest BCUT2D eigenvalue weighted by molar-refractivity contribution is 7.75. The Labute approximate surface area is 342 Å². The molecule has 0 saturated carbocycles. The lowest BCUT2D eigenvalue weighted by molar-refractivity contribution is -0.138. The Hall–Kier alpha value is 0.240. The maximum absolute atomic E-state index is 11.7. The number of carbonyl (C=O) groups is 2. The summed E-state index contributed by atoms with van der Waals surface area (Å²) in [6.07, 6.45) is 42.2. The fraction of sp³-hybridized carbons (Fsp3) is 0.860. The second-order valence-corrected chi connectivity index (χ2v) is 20.7. The standard InChI is InChI=1S/C29H58O2P.C14H27O2P.2BrH/c1-5-9-12-15-18-21-25-32(28-24-31-29(30)8-4,26-22-19-16-13-10-6-2)27-23-20-17-14-11-7-3;1-4-5-6-7-8-9-11-17-12-10-16-14(15)13(2)3;;/h8H,4-7,9-28H2,1-3H3;17H,2,4-12H2,1,3H3;2*1H/q+1;;;/p-1. The van der Waals surface area contributed by atoms with Crippen molar-refractivity contribution in [3.63, 3.8) is 0 Å². The van der Waals surface area contributed by atoms with Crippen molar-refractivity contribution in [2.75, 3.05) is 50.2 Å². The Balaban J connectivity index is -0.000000494. The van der Waals surface area contributed by atoms with E-state index in [1.54, 1.807) is 6.92 Å². The van der Waals surface area contributed by atoms with E-state index in [0.717, 1.165) is 12.3 Å². The van der Waals surface area contributed by atoms with Gasteiger partial charge in [-0.15, -0.1) is 0 Å². The van der Waals surface area contributed by atoms with E-state index in [2.05, 4.69) is 40.9 Å². The summed E-state index contributed by atoms with van der Waals surface area (Å²) in [6.45, 7) is 19.1. The molecule has 8 heteroatoms. The third-order valence-electron chi connectivity index (χ3n) is 9.60. The van der Waals surface area contributed by atoms with Gasteiger partial charge in [0.05, 0.1) is 37.0 Å². The van der Waals surface area contributed by atoms with Gasteiger partial charge in [0.15, 0.2) is 0 Å². The second-order valence-electron chi connectivity index (χ2n) is 14.5. The number of hydrogen-bond acceptors (Lipinski definition) is 4. The van der Waals surface area contributed by atoms with Gasteiger partial charge in [-0.05, 0) is 66.9 Å². The first-order valence-electron chi connectivity index (χ1n) is 21.1. The molecular formula is C43H86Br2O4P2. The van der Waals surface area contributed by atoms with Crippen molar-refractivity contribution in [2.24, 2.45) is 0 Å². The van der Waals surface area contributed by atoms with Crippen LogP contribution in [-0.4, -0.2) is 62.1 Å². The molecule has 0 aliphatic carbocycles. The minimum Gasteiger partial charge on any atom is -1.00 e. The van der Waals surface area contributed by atoms with E-state index < -0.39 is 7.26 Å². The minimum absolute atomic E-state index is 0. The predicted molar refractivity (Wildman–Crippen MR) is 226 cm³/mol. The highest BCUT2D eigenvalue weighted by atomic mass is 79.9. The van der Waals surface area contributed by atoms with E-state index in [-0.39, 0.29) is 45.9 Å². The molecule has 306 valence electrons. The van der Waals surface area contributed by atoms with Crippen LogP contribution in [0.4, 0.5) is 0 Å². The zero-order valence-corrected chi connectivity index (χ0v) is 39.8. The van der Waals surface area contributed by atoms with Crippen LogP contribution in [0.25, 0.3) is 0 Å². The minimum atomic E-state index is -1.04. The van der Waals surface area contributed by atoms with Crippen molar-refractivity contribution in [3.8, 4) is 0 Å². The van der Waals surface area contributed by atoms with Crippen LogP contribution < -0.4 is 34.0 Å². The van der Waals surface area contributed by atoms with Crippen molar-refractivity contribution < 1.29 is 53.0 Å². The first-order chi connectivity index (χ1) is 23.8. The molecular weight excluding hydrogens is 802 g/mol. The van der Waals surface area contributed by atoms with E-state index >= 15 is 0 Å². The third-order valence-corrected chi connectivity index (χ3v) is 16.0. The predicted octanol–water partition coefficient (Wildman–Crippen LogP) is 7.70. The van der Waals surface area contributed by atoms with Gasteiger partial charge in [-0.1, -0.05) is 144 Å². The molecule has 0 aromatic rings. The Morgan fingerprint density at radius 1 is 0.529 bits per heavy atom. The molecule has 0 radical (unpaired) electrons. The Bertz CT molecular complexity index is 725. The van der Waals surface area contributed by atoms with Crippen LogP contribution in [-0.2, 0) is 19.1 Å². The number of rotatable bonds is 36. The van der Waals surface area contributed by atoms with Gasteiger partial charge in [0.25, 0.3) is 0 Å². The maximum atomic E-state index is 11.7. The van der Waals surface area contributed by atoms with Crippen molar-refractivity contribution in [3.05, 3.63) is 24.8 Å². The number of halogens is 2. The molecule has 0 aromatic heterocycles. The van der Waals surface area contributed by atoms with Gasteiger partial charge in [-0.2, -0.15) is 0 Å². The van der Waals surface area contributed by atoms with Crippen molar-refractivity contribution >= 4 is 27.8 Å². The van der Waals surface area contributed by atoms with Gasteiger partial charge >= 0.3 is 11.9 Å². The molecule has 0 aromatic carbocycles. The zero-order valence-electron chi connectivity index (χ0n) is 34.5. The highest BCUT2D eigenvalue weighted by Crippen LogP contribution is 2.60. The monoisotopic (exact) mass is 886 g/mol. The largest absolute Gasteiger partial charge is 1.00 e. The average molecular weight is 889 g/mol. The van der Waals surface area contributed by atoms with Crippen molar-refractivity contribution in [1.29, 1.82) is 0 Å². The van der Waals surface area contributed by atoms with Crippen LogP contribution in [0.5, 0.6) is 0 Å². The quantitative estimate of drug-likeness (QED) is 0.0281. The molecule has 1 unspecified atom stereocenters.